The van der Waals surface area contributed by atoms with E-state index in [4.69, 9.17) is 11.6 Å². The lowest BCUT2D eigenvalue weighted by molar-refractivity contribution is -0.119. The molecule has 0 bridgehead atoms. The molecule has 3 rings (SSSR count). The number of carbonyl (C=O) groups excluding carboxylic acids is 1. The summed E-state index contributed by atoms with van der Waals surface area (Å²) < 4.78 is 27.6. The third-order valence-electron chi connectivity index (χ3n) is 4.55. The fourth-order valence-electron chi connectivity index (χ4n) is 2.81. The van der Waals surface area contributed by atoms with Crippen molar-refractivity contribution in [3.8, 4) is 0 Å². The number of hydrogen-bond donors (Lipinski definition) is 1. The zero-order valence-corrected chi connectivity index (χ0v) is 18.7. The summed E-state index contributed by atoms with van der Waals surface area (Å²) in [6, 6.07) is 22.0. The van der Waals surface area contributed by atoms with Gasteiger partial charge in [-0.15, -0.1) is 0 Å². The third kappa shape index (κ3) is 5.71. The largest absolute Gasteiger partial charge is 0.271 e. The molecule has 160 valence electrons. The Morgan fingerprint density at radius 3 is 2.19 bits per heavy atom. The number of carbonyl (C=O) groups is 1. The zero-order chi connectivity index (χ0) is 22.4. The van der Waals surface area contributed by atoms with Crippen LogP contribution >= 0.6 is 11.6 Å². The van der Waals surface area contributed by atoms with Crippen molar-refractivity contribution in [1.82, 2.24) is 5.43 Å². The van der Waals surface area contributed by atoms with Gasteiger partial charge in [-0.1, -0.05) is 59.6 Å². The molecule has 0 unspecified atom stereocenters. The van der Waals surface area contributed by atoms with Gasteiger partial charge < -0.3 is 0 Å². The van der Waals surface area contributed by atoms with Gasteiger partial charge in [-0.05, 0) is 55.8 Å². The molecule has 1 amide bonds. The average Bonchev–Trinajstić information content (AvgIpc) is 2.77. The highest BCUT2D eigenvalue weighted by molar-refractivity contribution is 7.92. The molecule has 3 aromatic rings. The molecule has 0 aliphatic heterocycles. The van der Waals surface area contributed by atoms with Crippen LogP contribution in [-0.4, -0.2) is 26.6 Å². The smallest absolute Gasteiger partial charge is 0.264 e. The first kappa shape index (κ1) is 22.5. The first-order valence-electron chi connectivity index (χ1n) is 9.51. The molecule has 1 N–H and O–H groups in total. The predicted molar refractivity (Wildman–Crippen MR) is 124 cm³/mol. The molecular formula is C23H22ClN3O3S. The number of amides is 1. The van der Waals surface area contributed by atoms with Gasteiger partial charge in [0.1, 0.15) is 6.54 Å². The first-order chi connectivity index (χ1) is 14.8. The Labute approximate surface area is 187 Å². The van der Waals surface area contributed by atoms with Crippen molar-refractivity contribution in [3.63, 3.8) is 0 Å². The van der Waals surface area contributed by atoms with Gasteiger partial charge in [0.2, 0.25) is 0 Å². The lowest BCUT2D eigenvalue weighted by atomic mass is 10.1. The summed E-state index contributed by atoms with van der Waals surface area (Å²) in [5, 5.41) is 4.69. The molecule has 0 aliphatic carbocycles. The molecule has 8 heteroatoms. The van der Waals surface area contributed by atoms with Gasteiger partial charge in [0.15, 0.2) is 0 Å². The van der Waals surface area contributed by atoms with Gasteiger partial charge in [-0.25, -0.2) is 13.8 Å². The van der Waals surface area contributed by atoms with Gasteiger partial charge >= 0.3 is 0 Å². The summed E-state index contributed by atoms with van der Waals surface area (Å²) in [6.45, 7) is 3.22. The van der Waals surface area contributed by atoms with Gasteiger partial charge in [0.25, 0.3) is 15.9 Å². The molecule has 0 saturated heterocycles. The number of nitrogens with zero attached hydrogens (tertiary/aromatic N) is 2. The Hall–Kier alpha value is -3.16. The normalized spacial score (nSPS) is 11.8. The van der Waals surface area contributed by atoms with E-state index in [2.05, 4.69) is 10.5 Å². The molecule has 6 nitrogen and oxygen atoms in total. The van der Waals surface area contributed by atoms with Crippen molar-refractivity contribution < 1.29 is 13.2 Å². The highest BCUT2D eigenvalue weighted by Crippen LogP contribution is 2.23. The summed E-state index contributed by atoms with van der Waals surface area (Å²) in [5.41, 5.74) is 5.17. The minimum Gasteiger partial charge on any atom is -0.271 e. The third-order valence-corrected chi connectivity index (χ3v) is 6.59. The Balaban J connectivity index is 1.84. The molecule has 0 spiro atoms. The monoisotopic (exact) mass is 455 g/mol. The summed E-state index contributed by atoms with van der Waals surface area (Å²) in [7, 11) is -3.95. The van der Waals surface area contributed by atoms with Crippen molar-refractivity contribution in [2.24, 2.45) is 5.10 Å². The number of rotatable bonds is 7. The van der Waals surface area contributed by atoms with E-state index in [-0.39, 0.29) is 4.90 Å². The van der Waals surface area contributed by atoms with E-state index in [1.807, 2.05) is 6.92 Å². The van der Waals surface area contributed by atoms with Crippen LogP contribution in [0.15, 0.2) is 88.9 Å². The van der Waals surface area contributed by atoms with E-state index >= 15 is 0 Å². The fraction of sp³-hybridized carbons (Fsp3) is 0.130. The van der Waals surface area contributed by atoms with Crippen LogP contribution in [0.4, 0.5) is 5.69 Å². The van der Waals surface area contributed by atoms with E-state index in [0.29, 0.717) is 16.4 Å². The molecule has 0 aliphatic rings. The van der Waals surface area contributed by atoms with Gasteiger partial charge in [-0.3, -0.25) is 9.10 Å². The number of sulfonamides is 1. The second kappa shape index (κ2) is 9.76. The van der Waals surface area contributed by atoms with E-state index < -0.39 is 22.5 Å². The Bertz CT molecular complexity index is 1180. The molecule has 0 atom stereocenters. The summed E-state index contributed by atoms with van der Waals surface area (Å²) >= 11 is 5.89. The maximum Gasteiger partial charge on any atom is 0.264 e. The number of hydrogen-bond acceptors (Lipinski definition) is 4. The van der Waals surface area contributed by atoms with Crippen molar-refractivity contribution in [1.29, 1.82) is 0 Å². The number of benzene rings is 3. The van der Waals surface area contributed by atoms with Crippen LogP contribution in [0.25, 0.3) is 0 Å². The van der Waals surface area contributed by atoms with Crippen molar-refractivity contribution in [3.05, 3.63) is 95.0 Å². The molecule has 0 radical (unpaired) electrons. The SMILES string of the molecule is CC(=NNC(=O)CN(c1ccc(C)cc1)S(=O)(=O)c1ccccc1)c1ccc(Cl)cc1. The molecule has 3 aromatic carbocycles. The highest BCUT2D eigenvalue weighted by Gasteiger charge is 2.27. The van der Waals surface area contributed by atoms with Crippen LogP contribution in [0.2, 0.25) is 5.02 Å². The lowest BCUT2D eigenvalue weighted by Gasteiger charge is -2.23. The lowest BCUT2D eigenvalue weighted by Crippen LogP contribution is -2.39. The van der Waals surface area contributed by atoms with E-state index in [1.165, 1.54) is 12.1 Å². The van der Waals surface area contributed by atoms with Crippen LogP contribution < -0.4 is 9.73 Å². The Morgan fingerprint density at radius 2 is 1.58 bits per heavy atom. The first-order valence-corrected chi connectivity index (χ1v) is 11.3. The van der Waals surface area contributed by atoms with Gasteiger partial charge in [-0.2, -0.15) is 5.10 Å². The summed E-state index contributed by atoms with van der Waals surface area (Å²) in [6.07, 6.45) is 0. The number of aryl methyl sites for hydroxylation is 1. The standard InChI is InChI=1S/C23H22ClN3O3S/c1-17-8-14-21(15-9-17)27(31(29,30)22-6-4-3-5-7-22)16-23(28)26-25-18(2)19-10-12-20(24)13-11-19/h3-15H,16H2,1-2H3,(H,26,28). The minimum absolute atomic E-state index is 0.101. The Kier molecular flexibility index (Phi) is 7.09. The highest BCUT2D eigenvalue weighted by atomic mass is 35.5. The molecular weight excluding hydrogens is 434 g/mol. The fourth-order valence-corrected chi connectivity index (χ4v) is 4.38. The van der Waals surface area contributed by atoms with Crippen LogP contribution in [0.5, 0.6) is 0 Å². The maximum absolute atomic E-state index is 13.2. The summed E-state index contributed by atoms with van der Waals surface area (Å²) in [5.74, 6) is -0.562. The molecule has 0 aromatic heterocycles. The molecule has 31 heavy (non-hydrogen) atoms. The van der Waals surface area contributed by atoms with Gasteiger partial charge in [0.05, 0.1) is 16.3 Å². The van der Waals surface area contributed by atoms with Crippen molar-refractivity contribution >= 4 is 38.9 Å². The van der Waals surface area contributed by atoms with E-state index in [1.54, 1.807) is 73.7 Å². The van der Waals surface area contributed by atoms with Crippen molar-refractivity contribution in [2.75, 3.05) is 10.8 Å². The second-order valence-electron chi connectivity index (χ2n) is 6.90. The van der Waals surface area contributed by atoms with Crippen LogP contribution in [0.1, 0.15) is 18.1 Å². The second-order valence-corrected chi connectivity index (χ2v) is 9.20. The minimum atomic E-state index is -3.95. The quantitative estimate of drug-likeness (QED) is 0.424. The van der Waals surface area contributed by atoms with Crippen LogP contribution in [0, 0.1) is 6.92 Å². The number of halogens is 1. The van der Waals surface area contributed by atoms with E-state index in [0.717, 1.165) is 15.4 Å². The number of hydrazone groups is 1. The van der Waals surface area contributed by atoms with E-state index in [9.17, 15) is 13.2 Å². The molecule has 0 saturated carbocycles. The maximum atomic E-state index is 13.2. The molecule has 0 heterocycles. The zero-order valence-electron chi connectivity index (χ0n) is 17.1. The van der Waals surface area contributed by atoms with Gasteiger partial charge in [0, 0.05) is 5.02 Å². The topological polar surface area (TPSA) is 78.8 Å². The van der Waals surface area contributed by atoms with Crippen LogP contribution in [0.3, 0.4) is 0 Å². The summed E-state index contributed by atoms with van der Waals surface area (Å²) in [4.78, 5) is 12.7. The molecule has 0 fully saturated rings. The average molecular weight is 456 g/mol. The predicted octanol–water partition coefficient (Wildman–Crippen LogP) is 4.38. The van der Waals surface area contributed by atoms with Crippen molar-refractivity contribution in [2.45, 2.75) is 18.7 Å². The number of anilines is 1. The Morgan fingerprint density at radius 1 is 0.968 bits per heavy atom. The number of nitrogens with one attached hydrogen (secondary N) is 1. The van der Waals surface area contributed by atoms with Crippen LogP contribution in [-0.2, 0) is 14.8 Å².